The SMILES string of the molecule is CCCC(CCOc1ccccc1)CNCCOC. The number of hydrogen-bond donors (Lipinski definition) is 1. The molecule has 0 saturated heterocycles. The Hall–Kier alpha value is -1.06. The number of benzene rings is 1. The summed E-state index contributed by atoms with van der Waals surface area (Å²) in [6, 6.07) is 10.0. The summed E-state index contributed by atoms with van der Waals surface area (Å²) in [4.78, 5) is 0. The van der Waals surface area contributed by atoms with Gasteiger partial charge in [-0.1, -0.05) is 31.5 Å². The zero-order chi connectivity index (χ0) is 13.8. The van der Waals surface area contributed by atoms with E-state index in [4.69, 9.17) is 9.47 Å². The van der Waals surface area contributed by atoms with Crippen molar-refractivity contribution in [3.8, 4) is 5.75 Å². The highest BCUT2D eigenvalue weighted by Gasteiger charge is 2.07. The van der Waals surface area contributed by atoms with Gasteiger partial charge in [-0.05, 0) is 37.4 Å². The van der Waals surface area contributed by atoms with Gasteiger partial charge in [-0.2, -0.15) is 0 Å². The predicted octanol–water partition coefficient (Wildman–Crippen LogP) is 3.11. The van der Waals surface area contributed by atoms with Gasteiger partial charge in [0.1, 0.15) is 5.75 Å². The van der Waals surface area contributed by atoms with E-state index < -0.39 is 0 Å². The largest absolute Gasteiger partial charge is 0.494 e. The van der Waals surface area contributed by atoms with Gasteiger partial charge in [0, 0.05) is 13.7 Å². The van der Waals surface area contributed by atoms with E-state index in [0.29, 0.717) is 5.92 Å². The van der Waals surface area contributed by atoms with E-state index in [1.54, 1.807) is 7.11 Å². The van der Waals surface area contributed by atoms with E-state index in [2.05, 4.69) is 12.2 Å². The Morgan fingerprint density at radius 1 is 1.11 bits per heavy atom. The number of para-hydroxylation sites is 1. The molecule has 0 heterocycles. The Bertz CT molecular complexity index is 303. The molecule has 1 aromatic rings. The van der Waals surface area contributed by atoms with Gasteiger partial charge in [0.2, 0.25) is 0 Å². The van der Waals surface area contributed by atoms with Crippen molar-refractivity contribution in [1.29, 1.82) is 0 Å². The van der Waals surface area contributed by atoms with Gasteiger partial charge in [0.25, 0.3) is 0 Å². The van der Waals surface area contributed by atoms with E-state index in [0.717, 1.165) is 38.5 Å². The maximum absolute atomic E-state index is 5.76. The topological polar surface area (TPSA) is 30.5 Å². The molecule has 1 N–H and O–H groups in total. The van der Waals surface area contributed by atoms with E-state index in [9.17, 15) is 0 Å². The van der Waals surface area contributed by atoms with Crippen molar-refractivity contribution in [2.24, 2.45) is 5.92 Å². The van der Waals surface area contributed by atoms with Crippen molar-refractivity contribution in [3.05, 3.63) is 30.3 Å². The van der Waals surface area contributed by atoms with Crippen LogP contribution in [0.4, 0.5) is 0 Å². The van der Waals surface area contributed by atoms with E-state index in [1.165, 1.54) is 12.8 Å². The standard InChI is InChI=1S/C16H27NO2/c1-3-7-15(14-17-11-13-18-2)10-12-19-16-8-5-4-6-9-16/h4-6,8-9,15,17H,3,7,10-14H2,1-2H3. The first-order valence-corrected chi connectivity index (χ1v) is 7.24. The molecular formula is C16H27NO2. The molecule has 0 radical (unpaired) electrons. The van der Waals surface area contributed by atoms with Crippen molar-refractivity contribution >= 4 is 0 Å². The Morgan fingerprint density at radius 3 is 2.58 bits per heavy atom. The van der Waals surface area contributed by atoms with Crippen LogP contribution in [0.15, 0.2) is 30.3 Å². The highest BCUT2D eigenvalue weighted by molar-refractivity contribution is 5.20. The summed E-state index contributed by atoms with van der Waals surface area (Å²) in [6.07, 6.45) is 3.57. The first-order chi connectivity index (χ1) is 9.36. The van der Waals surface area contributed by atoms with E-state index in [-0.39, 0.29) is 0 Å². The maximum atomic E-state index is 5.76. The number of methoxy groups -OCH3 is 1. The Labute approximate surface area is 117 Å². The lowest BCUT2D eigenvalue weighted by Crippen LogP contribution is -2.27. The molecule has 3 nitrogen and oxygen atoms in total. The maximum Gasteiger partial charge on any atom is 0.119 e. The average molecular weight is 265 g/mol. The highest BCUT2D eigenvalue weighted by Crippen LogP contribution is 2.13. The third-order valence-corrected chi connectivity index (χ3v) is 3.15. The predicted molar refractivity (Wildman–Crippen MR) is 79.7 cm³/mol. The fourth-order valence-corrected chi connectivity index (χ4v) is 2.10. The van der Waals surface area contributed by atoms with Crippen LogP contribution in [0.25, 0.3) is 0 Å². The van der Waals surface area contributed by atoms with Crippen LogP contribution in [0, 0.1) is 5.92 Å². The number of nitrogens with one attached hydrogen (secondary N) is 1. The number of hydrogen-bond acceptors (Lipinski definition) is 3. The van der Waals surface area contributed by atoms with Crippen LogP contribution in [-0.2, 0) is 4.74 Å². The van der Waals surface area contributed by atoms with Crippen LogP contribution in [0.2, 0.25) is 0 Å². The second-order valence-electron chi connectivity index (χ2n) is 4.80. The summed E-state index contributed by atoms with van der Waals surface area (Å²) < 4.78 is 10.8. The molecule has 0 fully saturated rings. The van der Waals surface area contributed by atoms with Crippen molar-refractivity contribution in [2.45, 2.75) is 26.2 Å². The molecule has 3 heteroatoms. The molecule has 0 aliphatic rings. The third-order valence-electron chi connectivity index (χ3n) is 3.15. The summed E-state index contributed by atoms with van der Waals surface area (Å²) in [7, 11) is 1.74. The average Bonchev–Trinajstić information content (AvgIpc) is 2.44. The van der Waals surface area contributed by atoms with Gasteiger partial charge in [-0.15, -0.1) is 0 Å². The van der Waals surface area contributed by atoms with Gasteiger partial charge in [0.15, 0.2) is 0 Å². The molecule has 0 spiro atoms. The monoisotopic (exact) mass is 265 g/mol. The minimum Gasteiger partial charge on any atom is -0.494 e. The van der Waals surface area contributed by atoms with Crippen LogP contribution in [0.3, 0.4) is 0 Å². The van der Waals surface area contributed by atoms with E-state index in [1.807, 2.05) is 30.3 Å². The van der Waals surface area contributed by atoms with Crippen molar-refractivity contribution in [2.75, 3.05) is 33.4 Å². The van der Waals surface area contributed by atoms with E-state index >= 15 is 0 Å². The van der Waals surface area contributed by atoms with Crippen molar-refractivity contribution in [3.63, 3.8) is 0 Å². The Balaban J connectivity index is 2.17. The highest BCUT2D eigenvalue weighted by atomic mass is 16.5. The second kappa shape index (κ2) is 10.8. The molecule has 0 aliphatic heterocycles. The van der Waals surface area contributed by atoms with Crippen LogP contribution in [0.1, 0.15) is 26.2 Å². The quantitative estimate of drug-likeness (QED) is 0.624. The Morgan fingerprint density at radius 2 is 1.89 bits per heavy atom. The fraction of sp³-hybridized carbons (Fsp3) is 0.625. The molecule has 108 valence electrons. The van der Waals surface area contributed by atoms with Crippen LogP contribution >= 0.6 is 0 Å². The van der Waals surface area contributed by atoms with Crippen molar-refractivity contribution in [1.82, 2.24) is 5.32 Å². The van der Waals surface area contributed by atoms with Gasteiger partial charge in [0.05, 0.1) is 13.2 Å². The molecule has 19 heavy (non-hydrogen) atoms. The molecule has 0 aliphatic carbocycles. The van der Waals surface area contributed by atoms with Gasteiger partial charge in [-0.3, -0.25) is 0 Å². The molecular weight excluding hydrogens is 238 g/mol. The van der Waals surface area contributed by atoms with Crippen LogP contribution in [-0.4, -0.2) is 33.4 Å². The lowest BCUT2D eigenvalue weighted by Gasteiger charge is -2.17. The smallest absolute Gasteiger partial charge is 0.119 e. The summed E-state index contributed by atoms with van der Waals surface area (Å²) >= 11 is 0. The molecule has 0 bridgehead atoms. The van der Waals surface area contributed by atoms with Crippen molar-refractivity contribution < 1.29 is 9.47 Å². The summed E-state index contributed by atoms with van der Waals surface area (Å²) in [5.41, 5.74) is 0. The minimum absolute atomic E-state index is 0.686. The van der Waals surface area contributed by atoms with Gasteiger partial charge >= 0.3 is 0 Å². The lowest BCUT2D eigenvalue weighted by atomic mass is 10.0. The zero-order valence-corrected chi connectivity index (χ0v) is 12.2. The van der Waals surface area contributed by atoms with Gasteiger partial charge in [-0.25, -0.2) is 0 Å². The minimum atomic E-state index is 0.686. The number of rotatable bonds is 11. The number of ether oxygens (including phenoxy) is 2. The normalized spacial score (nSPS) is 12.3. The van der Waals surface area contributed by atoms with Gasteiger partial charge < -0.3 is 14.8 Å². The molecule has 0 amide bonds. The fourth-order valence-electron chi connectivity index (χ4n) is 2.10. The third kappa shape index (κ3) is 7.85. The Kier molecular flexibility index (Phi) is 9.11. The molecule has 1 unspecified atom stereocenters. The first kappa shape index (κ1) is 16.0. The summed E-state index contributed by atoms with van der Waals surface area (Å²) in [5.74, 6) is 1.65. The van der Waals surface area contributed by atoms with Crippen LogP contribution in [0.5, 0.6) is 5.75 Å². The lowest BCUT2D eigenvalue weighted by molar-refractivity contribution is 0.195. The molecule has 1 aromatic carbocycles. The molecule has 0 aromatic heterocycles. The molecule has 1 rings (SSSR count). The molecule has 1 atom stereocenters. The van der Waals surface area contributed by atoms with Crippen LogP contribution < -0.4 is 10.1 Å². The molecule has 0 saturated carbocycles. The summed E-state index contributed by atoms with van der Waals surface area (Å²) in [6.45, 7) is 5.78. The second-order valence-corrected chi connectivity index (χ2v) is 4.80. The summed E-state index contributed by atoms with van der Waals surface area (Å²) in [5, 5.41) is 3.44. The zero-order valence-electron chi connectivity index (χ0n) is 12.2. The first-order valence-electron chi connectivity index (χ1n) is 7.24.